The fourth-order valence-electron chi connectivity index (χ4n) is 1.61. The highest BCUT2D eigenvalue weighted by Crippen LogP contribution is 2.26. The fourth-order valence-corrected chi connectivity index (χ4v) is 2.84. The van der Waals surface area contributed by atoms with Gasteiger partial charge in [0.1, 0.15) is 15.5 Å². The molecule has 1 amide bonds. The average molecular weight is 328 g/mol. The van der Waals surface area contributed by atoms with Crippen LogP contribution in [-0.2, 0) is 10.0 Å². The van der Waals surface area contributed by atoms with E-state index in [9.17, 15) is 13.2 Å². The maximum absolute atomic E-state index is 12.0. The minimum Gasteiger partial charge on any atom is -0.495 e. The van der Waals surface area contributed by atoms with E-state index in [4.69, 9.17) is 9.88 Å². The fraction of sp³-hybridized carbons (Fsp3) is 0.182. The van der Waals surface area contributed by atoms with Gasteiger partial charge < -0.3 is 10.1 Å². The summed E-state index contributed by atoms with van der Waals surface area (Å²) < 4.78 is 31.4. The summed E-state index contributed by atoms with van der Waals surface area (Å²) in [6.45, 7) is 1.67. The molecule has 0 aliphatic heterocycles. The summed E-state index contributed by atoms with van der Waals surface area (Å²) in [4.78, 5) is 12.2. The van der Waals surface area contributed by atoms with E-state index in [1.165, 1.54) is 25.3 Å². The number of aromatic nitrogens is 2. The largest absolute Gasteiger partial charge is 0.495 e. The Morgan fingerprint density at radius 3 is 2.67 bits per heavy atom. The number of amides is 1. The van der Waals surface area contributed by atoms with Gasteiger partial charge in [-0.15, -0.1) is 5.10 Å². The highest BCUT2D eigenvalue weighted by molar-refractivity contribution is 7.89. The smallest absolute Gasteiger partial charge is 0.269 e. The number of hydrogen-bond donors (Lipinski definition) is 2. The third-order valence-electron chi connectivity index (χ3n) is 2.59. The van der Waals surface area contributed by atoms with E-state index in [0.717, 1.165) is 11.5 Å². The van der Waals surface area contributed by atoms with Crippen molar-refractivity contribution in [1.82, 2.24) is 9.59 Å². The average Bonchev–Trinajstić information content (AvgIpc) is 2.83. The summed E-state index contributed by atoms with van der Waals surface area (Å²) in [7, 11) is -2.58. The SMILES string of the molecule is COc1cc(NC(=O)c2snnc2C)ccc1S(N)(=O)=O. The molecular weight excluding hydrogens is 316 g/mol. The molecule has 112 valence electrons. The molecule has 0 aliphatic rings. The van der Waals surface area contributed by atoms with Gasteiger partial charge in [0, 0.05) is 11.8 Å². The number of nitrogens with one attached hydrogen (secondary N) is 1. The van der Waals surface area contributed by atoms with Crippen LogP contribution in [0.25, 0.3) is 0 Å². The van der Waals surface area contributed by atoms with Crippen molar-refractivity contribution < 1.29 is 17.9 Å². The highest BCUT2D eigenvalue weighted by Gasteiger charge is 2.17. The van der Waals surface area contributed by atoms with Crippen LogP contribution in [0.5, 0.6) is 5.75 Å². The second-order valence-electron chi connectivity index (χ2n) is 4.05. The molecule has 0 unspecified atom stereocenters. The molecule has 2 rings (SSSR count). The number of rotatable bonds is 4. The maximum atomic E-state index is 12.0. The number of carbonyl (C=O) groups is 1. The van der Waals surface area contributed by atoms with Crippen LogP contribution in [0.2, 0.25) is 0 Å². The third kappa shape index (κ3) is 3.35. The minimum absolute atomic E-state index is 0.0504. The Balaban J connectivity index is 2.30. The molecular formula is C11H12N4O4S2. The molecule has 0 atom stereocenters. The topological polar surface area (TPSA) is 124 Å². The quantitative estimate of drug-likeness (QED) is 0.853. The number of anilines is 1. The Hall–Kier alpha value is -2.04. The number of hydrogen-bond acceptors (Lipinski definition) is 7. The van der Waals surface area contributed by atoms with Gasteiger partial charge in [0.25, 0.3) is 5.91 Å². The molecule has 0 saturated heterocycles. The van der Waals surface area contributed by atoms with Gasteiger partial charge in [-0.1, -0.05) is 4.49 Å². The van der Waals surface area contributed by atoms with Gasteiger partial charge in [0.2, 0.25) is 10.0 Å². The Morgan fingerprint density at radius 2 is 2.14 bits per heavy atom. The van der Waals surface area contributed by atoms with Crippen molar-refractivity contribution in [2.75, 3.05) is 12.4 Å². The monoisotopic (exact) mass is 328 g/mol. The second kappa shape index (κ2) is 5.76. The zero-order valence-corrected chi connectivity index (χ0v) is 12.8. The predicted octanol–water partition coefficient (Wildman–Crippen LogP) is 0.755. The first kappa shape index (κ1) is 15.4. The van der Waals surface area contributed by atoms with Crippen molar-refractivity contribution in [3.05, 3.63) is 28.8 Å². The molecule has 8 nitrogen and oxygen atoms in total. The highest BCUT2D eigenvalue weighted by atomic mass is 32.2. The zero-order valence-electron chi connectivity index (χ0n) is 11.2. The Labute approximate surface area is 125 Å². The van der Waals surface area contributed by atoms with Gasteiger partial charge in [-0.3, -0.25) is 4.79 Å². The van der Waals surface area contributed by atoms with Crippen molar-refractivity contribution in [3.63, 3.8) is 0 Å². The molecule has 1 aromatic heterocycles. The van der Waals surface area contributed by atoms with Crippen molar-refractivity contribution >= 4 is 33.2 Å². The molecule has 0 spiro atoms. The van der Waals surface area contributed by atoms with E-state index in [1.807, 2.05) is 0 Å². The van der Waals surface area contributed by atoms with Crippen LogP contribution >= 0.6 is 11.5 Å². The van der Waals surface area contributed by atoms with Crippen molar-refractivity contribution in [2.24, 2.45) is 5.14 Å². The van der Waals surface area contributed by atoms with Gasteiger partial charge in [-0.2, -0.15) is 0 Å². The van der Waals surface area contributed by atoms with E-state index in [-0.39, 0.29) is 16.6 Å². The number of primary sulfonamides is 1. The van der Waals surface area contributed by atoms with Gasteiger partial charge in [0.15, 0.2) is 0 Å². The second-order valence-corrected chi connectivity index (χ2v) is 6.34. The van der Waals surface area contributed by atoms with Crippen molar-refractivity contribution in [3.8, 4) is 5.75 Å². The first-order valence-electron chi connectivity index (χ1n) is 5.64. The first-order valence-corrected chi connectivity index (χ1v) is 7.96. The summed E-state index contributed by atoms with van der Waals surface area (Å²) >= 11 is 0.974. The number of carbonyl (C=O) groups excluding carboxylic acids is 1. The number of benzene rings is 1. The molecule has 2 aromatic rings. The number of nitrogens with zero attached hydrogens (tertiary/aromatic N) is 2. The number of aryl methyl sites for hydroxylation is 1. The van der Waals surface area contributed by atoms with Crippen molar-refractivity contribution in [1.29, 1.82) is 0 Å². The Kier molecular flexibility index (Phi) is 4.21. The molecule has 0 bridgehead atoms. The van der Waals surface area contributed by atoms with Crippen molar-refractivity contribution in [2.45, 2.75) is 11.8 Å². The number of methoxy groups -OCH3 is 1. The standard InChI is InChI=1S/C11H12N4O4S2/c1-6-10(20-15-14-6)11(16)13-7-3-4-9(21(12,17)18)8(5-7)19-2/h3-5H,1-2H3,(H,13,16)(H2,12,17,18). The molecule has 10 heteroatoms. The first-order chi connectivity index (χ1) is 9.82. The minimum atomic E-state index is -3.90. The molecule has 0 fully saturated rings. The lowest BCUT2D eigenvalue weighted by Crippen LogP contribution is -2.15. The van der Waals surface area contributed by atoms with Crippen LogP contribution in [-0.4, -0.2) is 31.0 Å². The Bertz CT molecular complexity index is 785. The van der Waals surface area contributed by atoms with Crippen LogP contribution in [0.3, 0.4) is 0 Å². The maximum Gasteiger partial charge on any atom is 0.269 e. The van der Waals surface area contributed by atoms with Crippen LogP contribution in [0, 0.1) is 6.92 Å². The summed E-state index contributed by atoms with van der Waals surface area (Å²) in [6, 6.07) is 4.06. The summed E-state index contributed by atoms with van der Waals surface area (Å²) in [5.74, 6) is -0.331. The molecule has 0 saturated carbocycles. The number of nitrogens with two attached hydrogens (primary N) is 1. The van der Waals surface area contributed by atoms with Gasteiger partial charge in [0.05, 0.1) is 12.8 Å². The van der Waals surface area contributed by atoms with E-state index in [2.05, 4.69) is 14.9 Å². The van der Waals surface area contributed by atoms with E-state index >= 15 is 0 Å². The van der Waals surface area contributed by atoms with Crippen LogP contribution in [0.15, 0.2) is 23.1 Å². The van der Waals surface area contributed by atoms with Gasteiger partial charge in [-0.25, -0.2) is 13.6 Å². The normalized spacial score (nSPS) is 11.2. The predicted molar refractivity (Wildman–Crippen MR) is 77.0 cm³/mol. The lowest BCUT2D eigenvalue weighted by Gasteiger charge is -2.09. The Morgan fingerprint density at radius 1 is 1.43 bits per heavy atom. The summed E-state index contributed by atoms with van der Waals surface area (Å²) in [5.41, 5.74) is 0.891. The number of sulfonamides is 1. The van der Waals surface area contributed by atoms with Crippen LogP contribution < -0.4 is 15.2 Å². The lowest BCUT2D eigenvalue weighted by atomic mass is 10.3. The third-order valence-corrected chi connectivity index (χ3v) is 4.36. The van der Waals surface area contributed by atoms with E-state index in [0.29, 0.717) is 16.3 Å². The molecule has 1 aromatic carbocycles. The molecule has 3 N–H and O–H groups in total. The van der Waals surface area contributed by atoms with Gasteiger partial charge in [-0.05, 0) is 30.6 Å². The van der Waals surface area contributed by atoms with Crippen LogP contribution in [0.1, 0.15) is 15.4 Å². The zero-order chi connectivity index (χ0) is 15.6. The summed E-state index contributed by atoms with van der Waals surface area (Å²) in [6.07, 6.45) is 0. The van der Waals surface area contributed by atoms with E-state index in [1.54, 1.807) is 6.92 Å². The molecule has 0 radical (unpaired) electrons. The van der Waals surface area contributed by atoms with Gasteiger partial charge >= 0.3 is 0 Å². The summed E-state index contributed by atoms with van der Waals surface area (Å²) in [5, 5.41) is 11.4. The number of ether oxygens (including phenoxy) is 1. The molecule has 0 aliphatic carbocycles. The molecule has 21 heavy (non-hydrogen) atoms. The molecule has 1 heterocycles. The van der Waals surface area contributed by atoms with Crippen LogP contribution in [0.4, 0.5) is 5.69 Å². The lowest BCUT2D eigenvalue weighted by molar-refractivity contribution is 0.103. The van der Waals surface area contributed by atoms with E-state index < -0.39 is 10.0 Å².